The van der Waals surface area contributed by atoms with E-state index in [2.05, 4.69) is 46.3 Å². The fourth-order valence-electron chi connectivity index (χ4n) is 2.61. The van der Waals surface area contributed by atoms with Crippen LogP contribution in [-0.4, -0.2) is 4.57 Å². The highest BCUT2D eigenvalue weighted by molar-refractivity contribution is 8.93. The van der Waals surface area contributed by atoms with Crippen LogP contribution in [-0.2, 0) is 6.54 Å². The predicted molar refractivity (Wildman–Crippen MR) is 107 cm³/mol. The molecule has 25 heavy (non-hydrogen) atoms. The van der Waals surface area contributed by atoms with Crippen LogP contribution in [0, 0.1) is 0 Å². The molecule has 0 atom stereocenters. The van der Waals surface area contributed by atoms with Gasteiger partial charge >= 0.3 is 0 Å². The summed E-state index contributed by atoms with van der Waals surface area (Å²) in [5, 5.41) is 2.16. The summed E-state index contributed by atoms with van der Waals surface area (Å²) in [6.07, 6.45) is 1.68. The number of hydrogen-bond acceptors (Lipinski definition) is 3. The van der Waals surface area contributed by atoms with Gasteiger partial charge in [-0.2, -0.15) is 0 Å². The third-order valence-corrected chi connectivity index (χ3v) is 4.61. The summed E-state index contributed by atoms with van der Waals surface area (Å²) in [6.45, 7) is 0.536. The van der Waals surface area contributed by atoms with E-state index < -0.39 is 0 Å². The molecule has 5 heteroatoms. The van der Waals surface area contributed by atoms with Gasteiger partial charge in [0.25, 0.3) is 0 Å². The van der Waals surface area contributed by atoms with Gasteiger partial charge in [0, 0.05) is 11.1 Å². The predicted octanol–water partition coefficient (Wildman–Crippen LogP) is 5.48. The molecule has 2 aromatic heterocycles. The largest absolute Gasteiger partial charge is 0.467 e. The van der Waals surface area contributed by atoms with Crippen molar-refractivity contribution in [2.24, 2.45) is 4.99 Å². The zero-order valence-electron chi connectivity index (χ0n) is 13.4. The van der Waals surface area contributed by atoms with Crippen LogP contribution in [0.3, 0.4) is 0 Å². The second-order valence-electron chi connectivity index (χ2n) is 5.34. The number of aromatic nitrogens is 1. The van der Waals surface area contributed by atoms with Gasteiger partial charge < -0.3 is 4.42 Å². The molecule has 0 aliphatic rings. The molecule has 0 amide bonds. The second-order valence-corrected chi connectivity index (χ2v) is 6.17. The van der Waals surface area contributed by atoms with Crippen LogP contribution in [0.1, 0.15) is 5.76 Å². The lowest BCUT2D eigenvalue weighted by molar-refractivity contribution is 0.510. The Morgan fingerprint density at radius 2 is 1.60 bits per heavy atom. The van der Waals surface area contributed by atoms with Gasteiger partial charge in [-0.15, -0.1) is 28.3 Å². The third-order valence-electron chi connectivity index (χ3n) is 3.74. The molecule has 0 radical (unpaired) electrons. The van der Waals surface area contributed by atoms with Crippen LogP contribution in [0.4, 0.5) is 0 Å². The number of para-hydroxylation sites is 1. The SMILES string of the molecule is Br.c1ccc(-c2csc(=NCc3ccco3)n2-c2ccccc2)cc1. The molecular formula is C20H17BrN2OS. The van der Waals surface area contributed by atoms with E-state index in [-0.39, 0.29) is 17.0 Å². The van der Waals surface area contributed by atoms with Gasteiger partial charge in [-0.05, 0) is 29.8 Å². The van der Waals surface area contributed by atoms with Crippen molar-refractivity contribution in [1.82, 2.24) is 4.57 Å². The molecule has 0 fully saturated rings. The zero-order valence-corrected chi connectivity index (χ0v) is 15.9. The Hall–Kier alpha value is -2.37. The Bertz CT molecular complexity index is 973. The van der Waals surface area contributed by atoms with E-state index in [1.54, 1.807) is 17.6 Å². The van der Waals surface area contributed by atoms with Crippen molar-refractivity contribution in [3.63, 3.8) is 0 Å². The maximum Gasteiger partial charge on any atom is 0.190 e. The summed E-state index contributed by atoms with van der Waals surface area (Å²) in [5.74, 6) is 0.865. The summed E-state index contributed by atoms with van der Waals surface area (Å²) < 4.78 is 7.59. The molecule has 4 aromatic rings. The van der Waals surface area contributed by atoms with Crippen LogP contribution in [0.5, 0.6) is 0 Å². The lowest BCUT2D eigenvalue weighted by Crippen LogP contribution is -2.14. The first-order valence-electron chi connectivity index (χ1n) is 7.76. The summed E-state index contributed by atoms with van der Waals surface area (Å²) >= 11 is 1.64. The average Bonchev–Trinajstić information content (AvgIpc) is 3.31. The van der Waals surface area contributed by atoms with Crippen molar-refractivity contribution < 1.29 is 4.42 Å². The highest BCUT2D eigenvalue weighted by Crippen LogP contribution is 2.23. The number of nitrogens with zero attached hydrogens (tertiary/aromatic N) is 2. The molecular weight excluding hydrogens is 396 g/mol. The number of halogens is 1. The van der Waals surface area contributed by atoms with Gasteiger partial charge in [0.2, 0.25) is 0 Å². The molecule has 0 spiro atoms. The number of thiazole rings is 1. The highest BCUT2D eigenvalue weighted by atomic mass is 79.9. The Balaban J connectivity index is 0.00000182. The van der Waals surface area contributed by atoms with E-state index in [4.69, 9.17) is 9.41 Å². The quantitative estimate of drug-likeness (QED) is 0.436. The number of furan rings is 1. The van der Waals surface area contributed by atoms with Gasteiger partial charge in [0.1, 0.15) is 12.3 Å². The lowest BCUT2D eigenvalue weighted by atomic mass is 10.1. The van der Waals surface area contributed by atoms with Gasteiger partial charge in [0.15, 0.2) is 4.80 Å². The molecule has 4 rings (SSSR count). The van der Waals surface area contributed by atoms with Gasteiger partial charge in [-0.1, -0.05) is 48.5 Å². The van der Waals surface area contributed by atoms with Crippen molar-refractivity contribution in [2.75, 3.05) is 0 Å². The Morgan fingerprint density at radius 3 is 2.28 bits per heavy atom. The molecule has 2 heterocycles. The minimum Gasteiger partial charge on any atom is -0.467 e. The Kier molecular flexibility index (Phi) is 5.68. The molecule has 3 nitrogen and oxygen atoms in total. The van der Waals surface area contributed by atoms with Gasteiger partial charge in [0.05, 0.1) is 12.0 Å². The second kappa shape index (κ2) is 8.14. The fraction of sp³-hybridized carbons (Fsp3) is 0.0500. The average molecular weight is 413 g/mol. The Morgan fingerprint density at radius 1 is 0.880 bits per heavy atom. The molecule has 2 aromatic carbocycles. The van der Waals surface area contributed by atoms with Crippen molar-refractivity contribution in [3.8, 4) is 16.9 Å². The maximum atomic E-state index is 5.39. The first-order valence-corrected chi connectivity index (χ1v) is 8.64. The molecule has 0 bridgehead atoms. The van der Waals surface area contributed by atoms with E-state index in [0.717, 1.165) is 21.9 Å². The van der Waals surface area contributed by atoms with Crippen molar-refractivity contribution in [1.29, 1.82) is 0 Å². The molecule has 126 valence electrons. The summed E-state index contributed by atoms with van der Waals surface area (Å²) in [7, 11) is 0. The van der Waals surface area contributed by atoms with Crippen molar-refractivity contribution in [2.45, 2.75) is 6.54 Å². The van der Waals surface area contributed by atoms with E-state index in [0.29, 0.717) is 6.54 Å². The Labute approximate surface area is 160 Å². The van der Waals surface area contributed by atoms with E-state index in [1.165, 1.54) is 5.56 Å². The molecule has 0 N–H and O–H groups in total. The molecule has 0 aliphatic carbocycles. The van der Waals surface area contributed by atoms with Crippen LogP contribution >= 0.6 is 28.3 Å². The number of benzene rings is 2. The first-order chi connectivity index (χ1) is 11.9. The number of rotatable bonds is 4. The highest BCUT2D eigenvalue weighted by Gasteiger charge is 2.09. The summed E-state index contributed by atoms with van der Waals surface area (Å²) in [4.78, 5) is 5.71. The number of hydrogen-bond donors (Lipinski definition) is 0. The van der Waals surface area contributed by atoms with Gasteiger partial charge in [-0.25, -0.2) is 0 Å². The fourth-order valence-corrected chi connectivity index (χ4v) is 3.51. The lowest BCUT2D eigenvalue weighted by Gasteiger charge is -2.09. The van der Waals surface area contributed by atoms with Crippen LogP contribution in [0.2, 0.25) is 0 Å². The van der Waals surface area contributed by atoms with Crippen molar-refractivity contribution in [3.05, 3.63) is 95.0 Å². The molecule has 0 aliphatic heterocycles. The van der Waals surface area contributed by atoms with Crippen LogP contribution < -0.4 is 4.80 Å². The molecule has 0 unspecified atom stereocenters. The first kappa shape index (κ1) is 17.5. The molecule has 0 saturated carbocycles. The van der Waals surface area contributed by atoms with Crippen molar-refractivity contribution >= 4 is 28.3 Å². The maximum absolute atomic E-state index is 5.39. The van der Waals surface area contributed by atoms with Crippen LogP contribution in [0.25, 0.3) is 16.9 Å². The zero-order chi connectivity index (χ0) is 16.2. The topological polar surface area (TPSA) is 30.4 Å². The normalized spacial score (nSPS) is 11.3. The van der Waals surface area contributed by atoms with E-state index in [9.17, 15) is 0 Å². The van der Waals surface area contributed by atoms with Crippen LogP contribution in [0.15, 0.2) is 93.8 Å². The summed E-state index contributed by atoms with van der Waals surface area (Å²) in [5.41, 5.74) is 3.43. The third kappa shape index (κ3) is 3.83. The van der Waals surface area contributed by atoms with E-state index in [1.807, 2.05) is 36.4 Å². The van der Waals surface area contributed by atoms with E-state index >= 15 is 0 Å². The monoisotopic (exact) mass is 412 g/mol. The summed E-state index contributed by atoms with van der Waals surface area (Å²) in [6, 6.07) is 24.6. The van der Waals surface area contributed by atoms with Gasteiger partial charge in [-0.3, -0.25) is 9.56 Å². The minimum absolute atomic E-state index is 0. The smallest absolute Gasteiger partial charge is 0.190 e. The minimum atomic E-state index is 0. The molecule has 0 saturated heterocycles. The standard InChI is InChI=1S/C20H16N2OS.BrH/c1-3-8-16(9-4-1)19-15-24-20(21-14-18-12-7-13-23-18)22(19)17-10-5-2-6-11-17;/h1-13,15H,14H2;1H.